The number of allylic oxidation sites excluding steroid dienone is 1. The summed E-state index contributed by atoms with van der Waals surface area (Å²) in [5.41, 5.74) is 3.73. The molecule has 0 radical (unpaired) electrons. The predicted octanol–water partition coefficient (Wildman–Crippen LogP) is 3.42. The van der Waals surface area contributed by atoms with Crippen LogP contribution >= 0.6 is 15.9 Å². The lowest BCUT2D eigenvalue weighted by atomic mass is 9.78. The van der Waals surface area contributed by atoms with Crippen LogP contribution in [0, 0.1) is 17.2 Å². The molecule has 1 unspecified atom stereocenters. The average Bonchev–Trinajstić information content (AvgIpc) is 3.22. The van der Waals surface area contributed by atoms with Crippen molar-refractivity contribution < 1.29 is 9.53 Å². The topological polar surface area (TPSA) is 103 Å². The van der Waals surface area contributed by atoms with Crippen molar-refractivity contribution in [1.29, 1.82) is 5.26 Å². The highest BCUT2D eigenvalue weighted by atomic mass is 79.9. The Hall–Kier alpha value is -2.63. The van der Waals surface area contributed by atoms with Gasteiger partial charge >= 0.3 is 5.97 Å². The van der Waals surface area contributed by atoms with Crippen molar-refractivity contribution in [2.45, 2.75) is 25.7 Å². The first-order valence-corrected chi connectivity index (χ1v) is 10.6. The molecule has 1 aromatic heterocycles. The summed E-state index contributed by atoms with van der Waals surface area (Å²) < 4.78 is 6.17. The Morgan fingerprint density at radius 2 is 2.14 bits per heavy atom. The lowest BCUT2D eigenvalue weighted by molar-refractivity contribution is -0.138. The molecule has 0 amide bonds. The molecule has 29 heavy (non-hydrogen) atoms. The molecule has 4 rings (SSSR count). The van der Waals surface area contributed by atoms with Crippen LogP contribution in [0.3, 0.4) is 0 Å². The van der Waals surface area contributed by atoms with Crippen molar-refractivity contribution in [3.05, 3.63) is 56.8 Å². The number of hydrogen-bond donors (Lipinski definition) is 3. The second-order valence-corrected chi connectivity index (χ2v) is 7.94. The Labute approximate surface area is 177 Å². The summed E-state index contributed by atoms with van der Waals surface area (Å²) in [6.45, 7) is 3.91. The van der Waals surface area contributed by atoms with Crippen LogP contribution in [0.15, 0.2) is 40.1 Å². The van der Waals surface area contributed by atoms with E-state index in [0.717, 1.165) is 48.6 Å². The number of nitriles is 1. The van der Waals surface area contributed by atoms with E-state index in [0.29, 0.717) is 22.2 Å². The minimum atomic E-state index is -0.378. The van der Waals surface area contributed by atoms with Crippen LogP contribution in [-0.2, 0) is 9.53 Å². The Morgan fingerprint density at radius 1 is 1.34 bits per heavy atom. The van der Waals surface area contributed by atoms with E-state index in [1.807, 2.05) is 19.1 Å². The SMILES string of the molecule is CCOC(=O)C1=C(C2CCNCC2)Nc2[nH]ncc2C1c1cccc(C#N)c1Br. The third-order valence-electron chi connectivity index (χ3n) is 5.52. The molecular formula is C21H22BrN5O2. The van der Waals surface area contributed by atoms with Crippen LogP contribution in [-0.4, -0.2) is 35.9 Å². The van der Waals surface area contributed by atoms with Gasteiger partial charge in [-0.25, -0.2) is 4.79 Å². The number of carbonyl (C=O) groups is 1. The monoisotopic (exact) mass is 455 g/mol. The molecule has 1 aromatic carbocycles. The number of nitrogens with one attached hydrogen (secondary N) is 3. The van der Waals surface area contributed by atoms with E-state index in [9.17, 15) is 10.1 Å². The molecule has 0 bridgehead atoms. The summed E-state index contributed by atoms with van der Waals surface area (Å²) in [6, 6.07) is 7.75. The van der Waals surface area contributed by atoms with Gasteiger partial charge in [-0.05, 0) is 60.4 Å². The summed E-state index contributed by atoms with van der Waals surface area (Å²) >= 11 is 3.59. The van der Waals surface area contributed by atoms with Crippen LogP contribution in [0.25, 0.3) is 0 Å². The first-order chi connectivity index (χ1) is 14.2. The molecule has 7 nitrogen and oxygen atoms in total. The van der Waals surface area contributed by atoms with Crippen LogP contribution in [0.1, 0.15) is 42.4 Å². The minimum Gasteiger partial charge on any atom is -0.463 e. The first kappa shape index (κ1) is 19.7. The van der Waals surface area contributed by atoms with Crippen molar-refractivity contribution in [2.75, 3.05) is 25.0 Å². The normalized spacial score (nSPS) is 19.3. The second-order valence-electron chi connectivity index (χ2n) is 7.15. The number of hydrogen-bond acceptors (Lipinski definition) is 6. The Morgan fingerprint density at radius 3 is 2.86 bits per heavy atom. The molecule has 150 valence electrons. The molecule has 2 aliphatic rings. The maximum absolute atomic E-state index is 13.2. The number of anilines is 1. The number of aromatic nitrogens is 2. The molecule has 0 saturated carbocycles. The fourth-order valence-electron chi connectivity index (χ4n) is 4.18. The van der Waals surface area contributed by atoms with Crippen molar-refractivity contribution in [3.63, 3.8) is 0 Å². The molecule has 1 saturated heterocycles. The number of carbonyl (C=O) groups excluding carboxylic acids is 1. The molecule has 3 N–H and O–H groups in total. The van der Waals surface area contributed by atoms with Gasteiger partial charge in [-0.2, -0.15) is 10.4 Å². The lowest BCUT2D eigenvalue weighted by Crippen LogP contribution is -2.34. The van der Waals surface area contributed by atoms with Gasteiger partial charge in [-0.1, -0.05) is 12.1 Å². The van der Waals surface area contributed by atoms with Gasteiger partial charge in [0.15, 0.2) is 0 Å². The summed E-state index contributed by atoms with van der Waals surface area (Å²) in [5.74, 6) is 0.287. The Balaban J connectivity index is 1.93. The van der Waals surface area contributed by atoms with E-state index >= 15 is 0 Å². The van der Waals surface area contributed by atoms with E-state index in [1.54, 1.807) is 12.3 Å². The summed E-state index contributed by atoms with van der Waals surface area (Å²) in [6.07, 6.45) is 3.60. The van der Waals surface area contributed by atoms with Gasteiger partial charge in [0.1, 0.15) is 11.9 Å². The third-order valence-corrected chi connectivity index (χ3v) is 6.41. The molecule has 1 fully saturated rings. The zero-order valence-electron chi connectivity index (χ0n) is 16.1. The van der Waals surface area contributed by atoms with Gasteiger partial charge in [0, 0.05) is 27.6 Å². The highest BCUT2D eigenvalue weighted by Crippen LogP contribution is 2.46. The largest absolute Gasteiger partial charge is 0.463 e. The van der Waals surface area contributed by atoms with Gasteiger partial charge in [0.2, 0.25) is 0 Å². The van der Waals surface area contributed by atoms with Gasteiger partial charge in [-0.3, -0.25) is 5.10 Å². The zero-order valence-corrected chi connectivity index (χ0v) is 17.7. The maximum atomic E-state index is 13.2. The number of rotatable bonds is 4. The van der Waals surface area contributed by atoms with E-state index < -0.39 is 0 Å². The van der Waals surface area contributed by atoms with Crippen LogP contribution in [0.2, 0.25) is 0 Å². The number of H-pyrrole nitrogens is 1. The summed E-state index contributed by atoms with van der Waals surface area (Å²) in [4.78, 5) is 13.2. The van der Waals surface area contributed by atoms with Crippen molar-refractivity contribution in [1.82, 2.24) is 15.5 Å². The molecule has 0 spiro atoms. The number of esters is 1. The Kier molecular flexibility index (Phi) is 5.69. The summed E-state index contributed by atoms with van der Waals surface area (Å²) in [5, 5.41) is 23.5. The smallest absolute Gasteiger partial charge is 0.336 e. The number of benzene rings is 1. The van der Waals surface area contributed by atoms with Gasteiger partial charge < -0.3 is 15.4 Å². The van der Waals surface area contributed by atoms with E-state index in [4.69, 9.17) is 4.74 Å². The fraction of sp³-hybridized carbons (Fsp3) is 0.381. The highest BCUT2D eigenvalue weighted by Gasteiger charge is 2.39. The lowest BCUT2D eigenvalue weighted by Gasteiger charge is -2.34. The molecule has 3 heterocycles. The number of fused-ring (bicyclic) bond motifs is 1. The van der Waals surface area contributed by atoms with Crippen LogP contribution in [0.4, 0.5) is 5.82 Å². The first-order valence-electron chi connectivity index (χ1n) is 9.76. The Bertz CT molecular complexity index is 1000. The minimum absolute atomic E-state index is 0.215. The number of aromatic amines is 1. The van der Waals surface area contributed by atoms with Crippen LogP contribution in [0.5, 0.6) is 0 Å². The molecule has 2 aromatic rings. The zero-order chi connectivity index (χ0) is 20.4. The number of halogens is 1. The quantitative estimate of drug-likeness (QED) is 0.610. The van der Waals surface area contributed by atoms with E-state index in [2.05, 4.69) is 42.8 Å². The fourth-order valence-corrected chi connectivity index (χ4v) is 4.76. The van der Waals surface area contributed by atoms with Gasteiger partial charge in [-0.15, -0.1) is 0 Å². The standard InChI is InChI=1S/C21H22BrN5O2/c1-2-29-21(28)17-16(14-5-3-4-13(10-23)18(14)22)15-11-25-27-20(15)26-19(17)12-6-8-24-9-7-12/h3-5,11-12,16,24H,2,6-9H2,1H3,(H2,25,26,27). The van der Waals surface area contributed by atoms with Crippen molar-refractivity contribution >= 4 is 27.7 Å². The number of ether oxygens (including phenoxy) is 1. The van der Waals surface area contributed by atoms with Crippen molar-refractivity contribution in [3.8, 4) is 6.07 Å². The highest BCUT2D eigenvalue weighted by molar-refractivity contribution is 9.10. The number of piperidine rings is 1. The van der Waals surface area contributed by atoms with E-state index in [-0.39, 0.29) is 17.8 Å². The summed E-state index contributed by atoms with van der Waals surface area (Å²) in [7, 11) is 0. The van der Waals surface area contributed by atoms with Gasteiger partial charge in [0.05, 0.1) is 23.9 Å². The average molecular weight is 456 g/mol. The molecule has 0 aliphatic carbocycles. The van der Waals surface area contributed by atoms with E-state index in [1.165, 1.54) is 0 Å². The molecule has 8 heteroatoms. The molecular weight excluding hydrogens is 434 g/mol. The van der Waals surface area contributed by atoms with Crippen molar-refractivity contribution in [2.24, 2.45) is 5.92 Å². The number of nitrogens with zero attached hydrogens (tertiary/aromatic N) is 2. The van der Waals surface area contributed by atoms with Gasteiger partial charge in [0.25, 0.3) is 0 Å². The second kappa shape index (κ2) is 8.39. The predicted molar refractivity (Wildman–Crippen MR) is 112 cm³/mol. The third kappa shape index (κ3) is 3.56. The molecule has 2 aliphatic heterocycles. The maximum Gasteiger partial charge on any atom is 0.336 e. The van der Waals surface area contributed by atoms with Crippen LogP contribution < -0.4 is 10.6 Å². The molecule has 1 atom stereocenters.